The van der Waals surface area contributed by atoms with Crippen molar-refractivity contribution in [3.05, 3.63) is 47.4 Å². The van der Waals surface area contributed by atoms with Gasteiger partial charge in [-0.3, -0.25) is 4.98 Å². The van der Waals surface area contributed by atoms with Crippen molar-refractivity contribution in [3.63, 3.8) is 0 Å². The molecule has 0 aliphatic rings. The van der Waals surface area contributed by atoms with Crippen molar-refractivity contribution in [1.29, 1.82) is 0 Å². The third kappa shape index (κ3) is 2.85. The summed E-state index contributed by atoms with van der Waals surface area (Å²) in [5.41, 5.74) is 7.42. The lowest BCUT2D eigenvalue weighted by Crippen LogP contribution is -2.19. The average molecular weight is 249 g/mol. The van der Waals surface area contributed by atoms with Crippen LogP contribution in [-0.4, -0.2) is 17.0 Å². The van der Waals surface area contributed by atoms with E-state index in [0.29, 0.717) is 23.2 Å². The third-order valence-corrected chi connectivity index (χ3v) is 2.57. The fourth-order valence-electron chi connectivity index (χ4n) is 1.55. The van der Waals surface area contributed by atoms with Crippen molar-refractivity contribution >= 4 is 23.1 Å². The highest BCUT2D eigenvalue weighted by atomic mass is 35.5. The number of aromatic nitrogens is 2. The molecular weight excluding hydrogens is 236 g/mol. The lowest BCUT2D eigenvalue weighted by atomic mass is 10.3. The van der Waals surface area contributed by atoms with Crippen LogP contribution in [0.3, 0.4) is 0 Å². The number of nitrogens with zero attached hydrogens (tertiary/aromatic N) is 3. The van der Waals surface area contributed by atoms with E-state index >= 15 is 0 Å². The SMILES string of the molecule is CN(Cc1ccccn1)c1nc(Cl)ccc1N. The lowest BCUT2D eigenvalue weighted by molar-refractivity contribution is 0.868. The molecule has 0 spiro atoms. The molecule has 2 N–H and O–H groups in total. The molecule has 2 heterocycles. The van der Waals surface area contributed by atoms with Crippen LogP contribution in [0.5, 0.6) is 0 Å². The maximum atomic E-state index is 5.86. The quantitative estimate of drug-likeness (QED) is 0.848. The highest BCUT2D eigenvalue weighted by molar-refractivity contribution is 6.29. The van der Waals surface area contributed by atoms with E-state index < -0.39 is 0 Å². The van der Waals surface area contributed by atoms with Gasteiger partial charge in [0.15, 0.2) is 5.82 Å². The molecule has 5 heteroatoms. The van der Waals surface area contributed by atoms with E-state index in [-0.39, 0.29) is 0 Å². The van der Waals surface area contributed by atoms with Crippen LogP contribution in [0.1, 0.15) is 5.69 Å². The van der Waals surface area contributed by atoms with Gasteiger partial charge in [0.25, 0.3) is 0 Å². The first-order chi connectivity index (χ1) is 8.16. The van der Waals surface area contributed by atoms with E-state index in [0.717, 1.165) is 5.69 Å². The highest BCUT2D eigenvalue weighted by Crippen LogP contribution is 2.22. The lowest BCUT2D eigenvalue weighted by Gasteiger charge is -2.19. The van der Waals surface area contributed by atoms with Gasteiger partial charge < -0.3 is 10.6 Å². The average Bonchev–Trinajstić information content (AvgIpc) is 2.33. The Morgan fingerprint density at radius 3 is 2.82 bits per heavy atom. The normalized spacial score (nSPS) is 10.2. The van der Waals surface area contributed by atoms with Gasteiger partial charge in [-0.1, -0.05) is 17.7 Å². The molecule has 88 valence electrons. The van der Waals surface area contributed by atoms with Crippen LogP contribution in [0.4, 0.5) is 11.5 Å². The van der Waals surface area contributed by atoms with E-state index in [1.165, 1.54) is 0 Å². The summed E-state index contributed by atoms with van der Waals surface area (Å²) in [6, 6.07) is 9.21. The summed E-state index contributed by atoms with van der Waals surface area (Å²) >= 11 is 5.85. The summed E-state index contributed by atoms with van der Waals surface area (Å²) in [5.74, 6) is 0.670. The van der Waals surface area contributed by atoms with Gasteiger partial charge in [-0.15, -0.1) is 0 Å². The highest BCUT2D eigenvalue weighted by Gasteiger charge is 2.08. The summed E-state index contributed by atoms with van der Waals surface area (Å²) in [6.45, 7) is 0.637. The molecule has 0 aromatic carbocycles. The van der Waals surface area contributed by atoms with Gasteiger partial charge in [0.05, 0.1) is 17.9 Å². The smallest absolute Gasteiger partial charge is 0.153 e. The van der Waals surface area contributed by atoms with Crippen molar-refractivity contribution in [2.75, 3.05) is 17.7 Å². The summed E-state index contributed by atoms with van der Waals surface area (Å²) in [7, 11) is 1.91. The van der Waals surface area contributed by atoms with Gasteiger partial charge in [0.2, 0.25) is 0 Å². The minimum absolute atomic E-state index is 0.432. The van der Waals surface area contributed by atoms with E-state index in [1.807, 2.05) is 30.1 Å². The van der Waals surface area contributed by atoms with Crippen LogP contribution < -0.4 is 10.6 Å². The van der Waals surface area contributed by atoms with Crippen molar-refractivity contribution in [2.24, 2.45) is 0 Å². The molecule has 0 bridgehead atoms. The number of hydrogen-bond acceptors (Lipinski definition) is 4. The zero-order chi connectivity index (χ0) is 12.3. The predicted molar refractivity (Wildman–Crippen MR) is 70.0 cm³/mol. The largest absolute Gasteiger partial charge is 0.396 e. The first kappa shape index (κ1) is 11.7. The number of nitrogens with two attached hydrogens (primary N) is 1. The second-order valence-electron chi connectivity index (χ2n) is 3.72. The summed E-state index contributed by atoms with van der Waals surface area (Å²) in [4.78, 5) is 10.4. The van der Waals surface area contributed by atoms with Gasteiger partial charge in [0, 0.05) is 13.2 Å². The third-order valence-electron chi connectivity index (χ3n) is 2.36. The van der Waals surface area contributed by atoms with E-state index in [2.05, 4.69) is 9.97 Å². The zero-order valence-corrected chi connectivity index (χ0v) is 10.2. The van der Waals surface area contributed by atoms with Crippen LogP contribution in [0.25, 0.3) is 0 Å². The number of nitrogen functional groups attached to an aromatic ring is 1. The molecule has 17 heavy (non-hydrogen) atoms. The van der Waals surface area contributed by atoms with Gasteiger partial charge in [0.1, 0.15) is 5.15 Å². The molecule has 0 unspecified atom stereocenters. The standard InChI is InChI=1S/C12H13ClN4/c1-17(8-9-4-2-3-7-15-9)12-10(14)5-6-11(13)16-12/h2-7H,8,14H2,1H3. The van der Waals surface area contributed by atoms with Gasteiger partial charge >= 0.3 is 0 Å². The maximum Gasteiger partial charge on any atom is 0.153 e. The number of rotatable bonds is 3. The Bertz CT molecular complexity index is 501. The summed E-state index contributed by atoms with van der Waals surface area (Å²) < 4.78 is 0. The fourth-order valence-corrected chi connectivity index (χ4v) is 1.69. The molecular formula is C12H13ClN4. The topological polar surface area (TPSA) is 55.0 Å². The molecule has 0 saturated heterocycles. The van der Waals surface area contributed by atoms with Crippen LogP contribution >= 0.6 is 11.6 Å². The Balaban J connectivity index is 2.20. The first-order valence-corrected chi connectivity index (χ1v) is 5.57. The number of anilines is 2. The van der Waals surface area contributed by atoms with E-state index in [1.54, 1.807) is 18.3 Å². The molecule has 2 aromatic rings. The second-order valence-corrected chi connectivity index (χ2v) is 4.11. The van der Waals surface area contributed by atoms with Crippen molar-refractivity contribution in [2.45, 2.75) is 6.54 Å². The number of halogens is 1. The summed E-state index contributed by atoms with van der Waals surface area (Å²) in [6.07, 6.45) is 1.76. The van der Waals surface area contributed by atoms with Crippen molar-refractivity contribution in [1.82, 2.24) is 9.97 Å². The van der Waals surface area contributed by atoms with Crippen LogP contribution in [0, 0.1) is 0 Å². The number of hydrogen-bond donors (Lipinski definition) is 1. The number of pyridine rings is 2. The van der Waals surface area contributed by atoms with Gasteiger partial charge in [-0.25, -0.2) is 4.98 Å². The molecule has 0 saturated carbocycles. The monoisotopic (exact) mass is 248 g/mol. The second kappa shape index (κ2) is 5.01. The first-order valence-electron chi connectivity index (χ1n) is 5.20. The van der Waals surface area contributed by atoms with Crippen molar-refractivity contribution < 1.29 is 0 Å². The predicted octanol–water partition coefficient (Wildman–Crippen LogP) is 2.35. The molecule has 2 rings (SSSR count). The van der Waals surface area contributed by atoms with Crippen LogP contribution in [-0.2, 0) is 6.54 Å². The molecule has 0 aliphatic heterocycles. The van der Waals surface area contributed by atoms with Gasteiger partial charge in [-0.2, -0.15) is 0 Å². The Hall–Kier alpha value is -1.81. The van der Waals surface area contributed by atoms with Crippen molar-refractivity contribution in [3.8, 4) is 0 Å². The van der Waals surface area contributed by atoms with E-state index in [9.17, 15) is 0 Å². The maximum absolute atomic E-state index is 5.86. The van der Waals surface area contributed by atoms with Crippen LogP contribution in [0.15, 0.2) is 36.5 Å². The molecule has 0 atom stereocenters. The minimum Gasteiger partial charge on any atom is -0.396 e. The molecule has 2 aromatic heterocycles. The van der Waals surface area contributed by atoms with E-state index in [4.69, 9.17) is 17.3 Å². The molecule has 0 amide bonds. The molecule has 0 fully saturated rings. The Labute approximate surface area is 105 Å². The Kier molecular flexibility index (Phi) is 3.44. The molecule has 4 nitrogen and oxygen atoms in total. The minimum atomic E-state index is 0.432. The molecule has 0 aliphatic carbocycles. The Morgan fingerprint density at radius 1 is 1.29 bits per heavy atom. The summed E-state index contributed by atoms with van der Waals surface area (Å²) in [5, 5.41) is 0.432. The fraction of sp³-hybridized carbons (Fsp3) is 0.167. The Morgan fingerprint density at radius 2 is 2.12 bits per heavy atom. The zero-order valence-electron chi connectivity index (χ0n) is 9.47. The van der Waals surface area contributed by atoms with Crippen LogP contribution in [0.2, 0.25) is 5.15 Å². The van der Waals surface area contributed by atoms with Gasteiger partial charge in [-0.05, 0) is 24.3 Å². The molecule has 0 radical (unpaired) electrons.